The first-order chi connectivity index (χ1) is 14.8. The summed E-state index contributed by atoms with van der Waals surface area (Å²) in [5, 5.41) is 1.91. The molecule has 1 fully saturated rings. The van der Waals surface area contributed by atoms with Gasteiger partial charge in [0.2, 0.25) is 11.8 Å². The molecule has 162 valence electrons. The van der Waals surface area contributed by atoms with Crippen LogP contribution in [0.1, 0.15) is 40.8 Å². The van der Waals surface area contributed by atoms with Crippen molar-refractivity contribution in [1.82, 2.24) is 10.9 Å². The van der Waals surface area contributed by atoms with Gasteiger partial charge in [0.25, 0.3) is 5.91 Å². The van der Waals surface area contributed by atoms with Crippen molar-refractivity contribution in [3.63, 3.8) is 0 Å². The zero-order valence-corrected chi connectivity index (χ0v) is 19.5. The van der Waals surface area contributed by atoms with E-state index in [1.807, 2.05) is 12.3 Å². The Hall–Kier alpha value is -2.52. The van der Waals surface area contributed by atoms with Gasteiger partial charge in [0.05, 0.1) is 23.5 Å². The number of rotatable bonds is 4. The van der Waals surface area contributed by atoms with Crippen LogP contribution in [-0.2, 0) is 20.9 Å². The van der Waals surface area contributed by atoms with E-state index in [9.17, 15) is 18.8 Å². The maximum Gasteiger partial charge on any atom is 0.267 e. The number of nitrogens with zero attached hydrogens (tertiary/aromatic N) is 1. The van der Waals surface area contributed by atoms with E-state index in [4.69, 9.17) is 0 Å². The predicted molar refractivity (Wildman–Crippen MR) is 121 cm³/mol. The minimum atomic E-state index is -0.533. The summed E-state index contributed by atoms with van der Waals surface area (Å²) in [6, 6.07) is 4.91. The molecule has 4 rings (SSSR count). The van der Waals surface area contributed by atoms with E-state index in [1.54, 1.807) is 24.0 Å². The number of carbonyl (C=O) groups is 3. The third-order valence-electron chi connectivity index (χ3n) is 5.40. The lowest BCUT2D eigenvalue weighted by atomic mass is 10.1. The van der Waals surface area contributed by atoms with Gasteiger partial charge in [-0.2, -0.15) is 0 Å². The molecule has 9 heteroatoms. The molecule has 2 heterocycles. The lowest BCUT2D eigenvalue weighted by molar-refractivity contribution is -0.128. The molecular formula is C22H21BrFN3O3S. The second-order valence-electron chi connectivity index (χ2n) is 7.85. The van der Waals surface area contributed by atoms with Gasteiger partial charge in [-0.05, 0) is 70.8 Å². The lowest BCUT2D eigenvalue weighted by Crippen LogP contribution is -2.43. The van der Waals surface area contributed by atoms with Crippen LogP contribution in [0.25, 0.3) is 4.48 Å². The van der Waals surface area contributed by atoms with Crippen molar-refractivity contribution >= 4 is 55.2 Å². The van der Waals surface area contributed by atoms with E-state index in [-0.39, 0.29) is 42.1 Å². The van der Waals surface area contributed by atoms with Gasteiger partial charge in [0, 0.05) is 16.0 Å². The number of halogens is 2. The largest absolute Gasteiger partial charge is 0.306 e. The minimum absolute atomic E-state index is 0.0505. The molecule has 1 aliphatic heterocycles. The number of fused-ring (bicyclic) bond motifs is 1. The fraction of sp³-hybridized carbons (Fsp3) is 0.318. The van der Waals surface area contributed by atoms with Crippen molar-refractivity contribution < 1.29 is 18.8 Å². The van der Waals surface area contributed by atoms with Gasteiger partial charge in [-0.15, -0.1) is 11.3 Å². The number of carbonyl (C=O) groups excluding carboxylic acids is 3. The van der Waals surface area contributed by atoms with Crippen molar-refractivity contribution in [2.24, 2.45) is 5.92 Å². The standard InChI is InChI=1S/C22H21BrFN3O3S/c1-11-3-4-13(7-16(11)24)9-27-17(28)8-15(18(23)20-19(27)12(2)10-31-20)22(30)26-25-21(29)14-5-6-14/h3-4,7,10,14H,5-6,8-9H2,1-2H3,(H,25,29)(H,26,30). The fourth-order valence-corrected chi connectivity index (χ4v) is 5.23. The van der Waals surface area contributed by atoms with Crippen molar-refractivity contribution in [3.05, 3.63) is 56.5 Å². The molecule has 1 aliphatic carbocycles. The SMILES string of the molecule is Cc1ccc(CN2C(=O)CC(C(=O)NNC(=O)C3CC3)=C(Br)c3scc(C)c32)cc1F. The van der Waals surface area contributed by atoms with Crippen LogP contribution < -0.4 is 15.8 Å². The van der Waals surface area contributed by atoms with Crippen LogP contribution in [0.2, 0.25) is 0 Å². The molecule has 2 N–H and O–H groups in total. The molecule has 0 spiro atoms. The Morgan fingerprint density at radius 1 is 1.23 bits per heavy atom. The normalized spacial score (nSPS) is 16.1. The van der Waals surface area contributed by atoms with Crippen molar-refractivity contribution in [2.45, 2.75) is 39.7 Å². The smallest absolute Gasteiger partial charge is 0.267 e. The molecule has 1 aromatic heterocycles. The van der Waals surface area contributed by atoms with Gasteiger partial charge in [-0.1, -0.05) is 12.1 Å². The van der Waals surface area contributed by atoms with Crippen molar-refractivity contribution in [3.8, 4) is 0 Å². The summed E-state index contributed by atoms with van der Waals surface area (Å²) in [5.74, 6) is -1.41. The van der Waals surface area contributed by atoms with Crippen LogP contribution >= 0.6 is 27.3 Å². The number of benzene rings is 1. The Bertz CT molecular complexity index is 1120. The Labute approximate surface area is 191 Å². The van der Waals surface area contributed by atoms with Gasteiger partial charge in [-0.25, -0.2) is 4.39 Å². The topological polar surface area (TPSA) is 78.5 Å². The van der Waals surface area contributed by atoms with Gasteiger partial charge < -0.3 is 4.90 Å². The van der Waals surface area contributed by atoms with Gasteiger partial charge in [0.15, 0.2) is 0 Å². The zero-order chi connectivity index (χ0) is 22.3. The molecule has 0 atom stereocenters. The quantitative estimate of drug-likeness (QED) is 0.613. The molecule has 6 nitrogen and oxygen atoms in total. The summed E-state index contributed by atoms with van der Waals surface area (Å²) in [6.45, 7) is 3.77. The second-order valence-corrected chi connectivity index (χ2v) is 9.52. The maximum absolute atomic E-state index is 14.1. The molecule has 0 saturated heterocycles. The Morgan fingerprint density at radius 3 is 2.65 bits per heavy atom. The molecule has 2 aromatic rings. The average molecular weight is 506 g/mol. The molecule has 0 radical (unpaired) electrons. The van der Waals surface area contributed by atoms with Gasteiger partial charge in [-0.3, -0.25) is 25.2 Å². The minimum Gasteiger partial charge on any atom is -0.306 e. The van der Waals surface area contributed by atoms with Gasteiger partial charge in [0.1, 0.15) is 5.82 Å². The summed E-state index contributed by atoms with van der Waals surface area (Å²) in [5.41, 5.74) is 7.89. The highest BCUT2D eigenvalue weighted by molar-refractivity contribution is 9.15. The molecule has 2 aliphatic rings. The molecule has 31 heavy (non-hydrogen) atoms. The third-order valence-corrected chi connectivity index (χ3v) is 7.65. The Morgan fingerprint density at radius 2 is 1.97 bits per heavy atom. The van der Waals surface area contributed by atoms with Crippen LogP contribution in [0.3, 0.4) is 0 Å². The monoisotopic (exact) mass is 505 g/mol. The van der Waals surface area contributed by atoms with E-state index in [0.717, 1.165) is 23.3 Å². The number of nitrogens with one attached hydrogen (secondary N) is 2. The summed E-state index contributed by atoms with van der Waals surface area (Å²) in [4.78, 5) is 40.2. The third kappa shape index (κ3) is 4.43. The van der Waals surface area contributed by atoms with E-state index < -0.39 is 5.91 Å². The summed E-state index contributed by atoms with van der Waals surface area (Å²) < 4.78 is 14.6. The molecule has 3 amide bonds. The highest BCUT2D eigenvalue weighted by Gasteiger charge is 2.33. The first-order valence-corrected chi connectivity index (χ1v) is 11.6. The number of hydrazine groups is 1. The number of hydrogen-bond acceptors (Lipinski definition) is 4. The zero-order valence-electron chi connectivity index (χ0n) is 17.1. The fourth-order valence-electron chi connectivity index (χ4n) is 3.42. The second kappa shape index (κ2) is 8.55. The number of anilines is 1. The van der Waals surface area contributed by atoms with Crippen LogP contribution in [0, 0.1) is 25.6 Å². The van der Waals surface area contributed by atoms with Crippen LogP contribution in [-0.4, -0.2) is 17.7 Å². The number of thiophene rings is 1. The van der Waals surface area contributed by atoms with Crippen LogP contribution in [0.5, 0.6) is 0 Å². The van der Waals surface area contributed by atoms with Crippen LogP contribution in [0.15, 0.2) is 29.2 Å². The number of hydrogen-bond donors (Lipinski definition) is 2. The maximum atomic E-state index is 14.1. The Balaban J connectivity index is 1.62. The van der Waals surface area contributed by atoms with E-state index >= 15 is 0 Å². The summed E-state index contributed by atoms with van der Waals surface area (Å²) >= 11 is 4.92. The first-order valence-electron chi connectivity index (χ1n) is 9.89. The molecule has 0 bridgehead atoms. The number of aryl methyl sites for hydroxylation is 2. The highest BCUT2D eigenvalue weighted by Crippen LogP contribution is 2.44. The van der Waals surface area contributed by atoms with Gasteiger partial charge >= 0.3 is 0 Å². The predicted octanol–water partition coefficient (Wildman–Crippen LogP) is 4.10. The van der Waals surface area contributed by atoms with Crippen molar-refractivity contribution in [1.29, 1.82) is 0 Å². The molecule has 1 saturated carbocycles. The van der Waals surface area contributed by atoms with Crippen LogP contribution in [0.4, 0.5) is 10.1 Å². The first kappa shape index (κ1) is 21.7. The van der Waals surface area contributed by atoms with Crippen molar-refractivity contribution in [2.75, 3.05) is 4.90 Å². The molecular weight excluding hydrogens is 485 g/mol. The molecule has 0 unspecified atom stereocenters. The molecule has 1 aromatic carbocycles. The Kier molecular flexibility index (Phi) is 5.98. The highest BCUT2D eigenvalue weighted by atomic mass is 79.9. The number of amides is 3. The van der Waals surface area contributed by atoms with E-state index in [1.165, 1.54) is 17.4 Å². The van der Waals surface area contributed by atoms with E-state index in [0.29, 0.717) is 21.3 Å². The summed E-state index contributed by atoms with van der Waals surface area (Å²) in [7, 11) is 0. The van der Waals surface area contributed by atoms with E-state index in [2.05, 4.69) is 26.8 Å². The lowest BCUT2D eigenvalue weighted by Gasteiger charge is -2.23. The average Bonchev–Trinajstić information content (AvgIpc) is 3.53. The summed E-state index contributed by atoms with van der Waals surface area (Å²) in [6.07, 6.45) is 1.48.